The molecule has 186 valence electrons. The molecule has 1 amide bonds. The van der Waals surface area contributed by atoms with Crippen molar-refractivity contribution in [1.29, 1.82) is 0 Å². The Kier molecular flexibility index (Phi) is 5.43. The van der Waals surface area contributed by atoms with E-state index in [9.17, 15) is 18.4 Å². The smallest absolute Gasteiger partial charge is 0.260 e. The highest BCUT2D eigenvalue weighted by Gasteiger charge is 2.45. The summed E-state index contributed by atoms with van der Waals surface area (Å²) < 4.78 is 29.9. The maximum absolute atomic E-state index is 14.9. The summed E-state index contributed by atoms with van der Waals surface area (Å²) in [7, 11) is 0. The fourth-order valence-corrected chi connectivity index (χ4v) is 6.41. The third-order valence-electron chi connectivity index (χ3n) is 7.87. The number of allylic oxidation sites excluding steroid dienone is 2. The lowest BCUT2D eigenvalue weighted by Crippen LogP contribution is -2.32. The number of anilines is 1. The standard InChI is InChI=1S/C28H28F2N4O2/c1-14(2)31-25-8-6-19-26(35)21(13-34(27(19)33-25)24-7-4-17(29)12-22(24)30)28(36)32-23-11-15-9-16-3-5-18(23)20(16)10-15/h4,6-8,12-16,20H,3,5,9-11H2,1-2H3,(H,31,33)(H,32,36). The highest BCUT2D eigenvalue weighted by Crippen LogP contribution is 2.55. The molecule has 6 nitrogen and oxygen atoms in total. The van der Waals surface area contributed by atoms with E-state index in [4.69, 9.17) is 0 Å². The van der Waals surface area contributed by atoms with Gasteiger partial charge in [-0.25, -0.2) is 13.8 Å². The lowest BCUT2D eigenvalue weighted by Gasteiger charge is -2.25. The SMILES string of the molecule is CC(C)Nc1ccc2c(=O)c(C(=O)NC3=C4CCC5CC(C3)CC45)cn(-c3ccc(F)cc3F)c2n1. The molecule has 3 aliphatic carbocycles. The third-order valence-corrected chi connectivity index (χ3v) is 7.87. The second kappa shape index (κ2) is 8.54. The van der Waals surface area contributed by atoms with Crippen LogP contribution >= 0.6 is 0 Å². The Labute approximate surface area is 207 Å². The van der Waals surface area contributed by atoms with Gasteiger partial charge in [-0.05, 0) is 93.5 Å². The van der Waals surface area contributed by atoms with Crippen molar-refractivity contribution in [2.75, 3.05) is 5.32 Å². The van der Waals surface area contributed by atoms with Crippen LogP contribution in [-0.4, -0.2) is 21.5 Å². The first-order valence-electron chi connectivity index (χ1n) is 12.6. The molecule has 2 saturated carbocycles. The summed E-state index contributed by atoms with van der Waals surface area (Å²) in [5, 5.41) is 6.41. The van der Waals surface area contributed by atoms with Gasteiger partial charge in [0, 0.05) is 24.0 Å². The van der Waals surface area contributed by atoms with Crippen molar-refractivity contribution in [3.05, 3.63) is 75.2 Å². The molecule has 0 radical (unpaired) electrons. The van der Waals surface area contributed by atoms with Crippen LogP contribution in [0.2, 0.25) is 0 Å². The minimum Gasteiger partial charge on any atom is -0.368 e. The molecule has 1 aromatic carbocycles. The molecule has 3 aliphatic rings. The largest absolute Gasteiger partial charge is 0.368 e. The van der Waals surface area contributed by atoms with Crippen LogP contribution < -0.4 is 16.1 Å². The van der Waals surface area contributed by atoms with Crippen molar-refractivity contribution in [3.63, 3.8) is 0 Å². The Balaban J connectivity index is 1.47. The number of amides is 1. The fourth-order valence-electron chi connectivity index (χ4n) is 6.41. The highest BCUT2D eigenvalue weighted by molar-refractivity contribution is 5.98. The molecule has 36 heavy (non-hydrogen) atoms. The second-order valence-corrected chi connectivity index (χ2v) is 10.6. The van der Waals surface area contributed by atoms with Gasteiger partial charge in [-0.3, -0.25) is 14.2 Å². The molecule has 0 spiro atoms. The monoisotopic (exact) mass is 490 g/mol. The third kappa shape index (κ3) is 3.79. The van der Waals surface area contributed by atoms with Gasteiger partial charge in [-0.2, -0.15) is 0 Å². The quantitative estimate of drug-likeness (QED) is 0.508. The van der Waals surface area contributed by atoms with Gasteiger partial charge in [0.15, 0.2) is 5.65 Å². The summed E-state index contributed by atoms with van der Waals surface area (Å²) in [4.78, 5) is 31.5. The lowest BCUT2D eigenvalue weighted by atomic mass is 9.86. The van der Waals surface area contributed by atoms with Crippen LogP contribution in [0.3, 0.4) is 0 Å². The molecule has 0 aliphatic heterocycles. The van der Waals surface area contributed by atoms with Gasteiger partial charge < -0.3 is 10.6 Å². The van der Waals surface area contributed by atoms with E-state index < -0.39 is 23.0 Å². The maximum atomic E-state index is 14.9. The van der Waals surface area contributed by atoms with Crippen molar-refractivity contribution in [2.24, 2.45) is 17.8 Å². The number of halogens is 2. The predicted octanol–water partition coefficient (Wildman–Crippen LogP) is 5.31. The first kappa shape index (κ1) is 22.9. The Hall–Kier alpha value is -3.55. The van der Waals surface area contributed by atoms with Crippen molar-refractivity contribution >= 4 is 22.8 Å². The molecular weight excluding hydrogens is 462 g/mol. The van der Waals surface area contributed by atoms with Crippen molar-refractivity contribution in [2.45, 2.75) is 52.0 Å². The predicted molar refractivity (Wildman–Crippen MR) is 134 cm³/mol. The van der Waals surface area contributed by atoms with E-state index >= 15 is 0 Å². The summed E-state index contributed by atoms with van der Waals surface area (Å²) in [6.07, 6.45) is 6.72. The number of nitrogens with one attached hydrogen (secondary N) is 2. The molecular formula is C28H28F2N4O2. The number of hydrogen-bond acceptors (Lipinski definition) is 4. The molecule has 2 fully saturated rings. The number of carbonyl (C=O) groups is 1. The zero-order valence-corrected chi connectivity index (χ0v) is 20.3. The first-order valence-corrected chi connectivity index (χ1v) is 12.6. The van der Waals surface area contributed by atoms with Gasteiger partial charge in [0.1, 0.15) is 23.0 Å². The molecule has 2 aromatic heterocycles. The summed E-state index contributed by atoms with van der Waals surface area (Å²) >= 11 is 0. The topological polar surface area (TPSA) is 76.0 Å². The van der Waals surface area contributed by atoms with Crippen LogP contribution in [0.15, 0.2) is 52.6 Å². The average Bonchev–Trinajstić information content (AvgIpc) is 3.36. The first-order chi connectivity index (χ1) is 17.3. The molecule has 3 aromatic rings. The molecule has 6 rings (SSSR count). The highest BCUT2D eigenvalue weighted by atomic mass is 19.1. The Morgan fingerprint density at radius 2 is 2.00 bits per heavy atom. The van der Waals surface area contributed by atoms with E-state index in [1.165, 1.54) is 41.7 Å². The van der Waals surface area contributed by atoms with Gasteiger partial charge in [-0.15, -0.1) is 0 Å². The summed E-state index contributed by atoms with van der Waals surface area (Å²) in [5.41, 5.74) is 1.90. The van der Waals surface area contributed by atoms with Gasteiger partial charge in [0.2, 0.25) is 5.43 Å². The molecule has 2 N–H and O–H groups in total. The molecule has 3 unspecified atom stereocenters. The van der Waals surface area contributed by atoms with Crippen molar-refractivity contribution in [1.82, 2.24) is 14.9 Å². The van der Waals surface area contributed by atoms with Gasteiger partial charge in [-0.1, -0.05) is 0 Å². The van der Waals surface area contributed by atoms with Gasteiger partial charge >= 0.3 is 0 Å². The molecule has 3 atom stereocenters. The van der Waals surface area contributed by atoms with Crippen molar-refractivity contribution < 1.29 is 13.6 Å². The number of nitrogens with zero attached hydrogens (tertiary/aromatic N) is 2. The number of rotatable bonds is 5. The number of hydrogen-bond donors (Lipinski definition) is 2. The summed E-state index contributed by atoms with van der Waals surface area (Å²) in [6, 6.07) is 6.53. The second-order valence-electron chi connectivity index (χ2n) is 10.6. The zero-order valence-electron chi connectivity index (χ0n) is 20.3. The average molecular weight is 491 g/mol. The number of carbonyl (C=O) groups excluding carboxylic acids is 1. The number of fused-ring (bicyclic) bond motifs is 2. The minimum absolute atomic E-state index is 0.000945. The van der Waals surface area contributed by atoms with Crippen molar-refractivity contribution in [3.8, 4) is 5.69 Å². The van der Waals surface area contributed by atoms with Gasteiger partial charge in [0.25, 0.3) is 5.91 Å². The number of benzene rings is 1. The molecule has 2 bridgehead atoms. The van der Waals surface area contributed by atoms with E-state index in [-0.39, 0.29) is 28.3 Å². The van der Waals surface area contributed by atoms with E-state index in [2.05, 4.69) is 15.6 Å². The summed E-state index contributed by atoms with van der Waals surface area (Å²) in [6.45, 7) is 3.90. The fraction of sp³-hybridized carbons (Fsp3) is 0.393. The van der Waals surface area contributed by atoms with Crippen LogP contribution in [0.1, 0.15) is 56.3 Å². The van der Waals surface area contributed by atoms with Gasteiger partial charge in [0.05, 0.1) is 11.1 Å². The van der Waals surface area contributed by atoms with Crippen LogP contribution in [0, 0.1) is 29.4 Å². The lowest BCUT2D eigenvalue weighted by molar-refractivity contribution is 0.0960. The molecule has 0 saturated heterocycles. The Morgan fingerprint density at radius 1 is 1.17 bits per heavy atom. The maximum Gasteiger partial charge on any atom is 0.260 e. The van der Waals surface area contributed by atoms with E-state index in [1.54, 1.807) is 12.1 Å². The zero-order chi connectivity index (χ0) is 25.1. The van der Waals surface area contributed by atoms with Crippen LogP contribution in [-0.2, 0) is 0 Å². The Bertz CT molecular complexity index is 1490. The van der Waals surface area contributed by atoms with Crippen LogP contribution in [0.25, 0.3) is 16.7 Å². The number of pyridine rings is 2. The minimum atomic E-state index is -0.818. The normalized spacial score (nSPS) is 22.5. The van der Waals surface area contributed by atoms with E-state index in [0.29, 0.717) is 17.7 Å². The molecule has 2 heterocycles. The van der Waals surface area contributed by atoms with E-state index in [1.807, 2.05) is 13.8 Å². The summed E-state index contributed by atoms with van der Waals surface area (Å²) in [5.74, 6) is 0.318. The Morgan fingerprint density at radius 3 is 2.78 bits per heavy atom. The van der Waals surface area contributed by atoms with E-state index in [0.717, 1.165) is 36.6 Å². The number of aromatic nitrogens is 2. The van der Waals surface area contributed by atoms with Crippen LogP contribution in [0.5, 0.6) is 0 Å². The van der Waals surface area contributed by atoms with Crippen LogP contribution in [0.4, 0.5) is 14.6 Å². The molecule has 8 heteroatoms.